The Morgan fingerprint density at radius 3 is 2.56 bits per heavy atom. The molecule has 34 heavy (non-hydrogen) atoms. The predicted octanol–water partition coefficient (Wildman–Crippen LogP) is 3.78. The monoisotopic (exact) mass is 479 g/mol. The van der Waals surface area contributed by atoms with Crippen molar-refractivity contribution in [2.24, 2.45) is 11.3 Å². The van der Waals surface area contributed by atoms with E-state index in [2.05, 4.69) is 15.5 Å². The molecule has 0 bridgehead atoms. The molecule has 1 aromatic rings. The SMILES string of the molecule is CC(C)C[C@@H]1NC(=O)C2(CCCCOC[C@@H](C)NC1=O)CCN(Cc1cccc(F)c1F)CC2. The lowest BCUT2D eigenvalue weighted by Gasteiger charge is -2.41. The molecular formula is C26H39F2N3O3. The highest BCUT2D eigenvalue weighted by molar-refractivity contribution is 5.90. The van der Waals surface area contributed by atoms with Crippen LogP contribution in [0.15, 0.2) is 18.2 Å². The van der Waals surface area contributed by atoms with Gasteiger partial charge in [0.05, 0.1) is 12.0 Å². The van der Waals surface area contributed by atoms with E-state index < -0.39 is 23.1 Å². The van der Waals surface area contributed by atoms with Gasteiger partial charge in [0.25, 0.3) is 0 Å². The number of rotatable bonds is 4. The Morgan fingerprint density at radius 2 is 1.85 bits per heavy atom. The number of carbonyl (C=O) groups is 2. The number of ether oxygens (including phenoxy) is 1. The lowest BCUT2D eigenvalue weighted by Crippen LogP contribution is -2.55. The summed E-state index contributed by atoms with van der Waals surface area (Å²) >= 11 is 0. The first-order chi connectivity index (χ1) is 16.2. The number of benzene rings is 1. The van der Waals surface area contributed by atoms with Gasteiger partial charge in [0.2, 0.25) is 11.8 Å². The molecule has 0 aliphatic carbocycles. The van der Waals surface area contributed by atoms with Crippen molar-refractivity contribution in [2.75, 3.05) is 26.3 Å². The van der Waals surface area contributed by atoms with Gasteiger partial charge < -0.3 is 15.4 Å². The standard InChI is InChI=1S/C26H39F2N3O3/c1-18(2)15-22-24(32)29-19(3)17-34-14-5-4-9-26(25(33)30-22)10-12-31(13-11-26)16-20-7-6-8-21(27)23(20)28/h6-8,18-19,22H,4-5,9-17H2,1-3H3,(H,29,32)(H,30,33)/t19-,22+/m1/s1. The lowest BCUT2D eigenvalue weighted by atomic mass is 9.73. The van der Waals surface area contributed by atoms with Gasteiger partial charge in [-0.3, -0.25) is 14.5 Å². The minimum atomic E-state index is -0.841. The zero-order chi connectivity index (χ0) is 24.7. The second-order valence-corrected chi connectivity index (χ2v) is 10.4. The van der Waals surface area contributed by atoms with Crippen LogP contribution in [0.3, 0.4) is 0 Å². The third kappa shape index (κ3) is 6.98. The molecule has 190 valence electrons. The fourth-order valence-corrected chi connectivity index (χ4v) is 4.97. The average molecular weight is 480 g/mol. The third-order valence-electron chi connectivity index (χ3n) is 7.00. The van der Waals surface area contributed by atoms with E-state index in [0.717, 1.165) is 25.3 Å². The minimum Gasteiger partial charge on any atom is -0.379 e. The van der Waals surface area contributed by atoms with Crippen LogP contribution in [0.1, 0.15) is 64.9 Å². The molecule has 2 aliphatic heterocycles. The summed E-state index contributed by atoms with van der Waals surface area (Å²) in [5.74, 6) is -1.65. The van der Waals surface area contributed by atoms with Gasteiger partial charge in [-0.25, -0.2) is 8.78 Å². The number of amides is 2. The Kier molecular flexibility index (Phi) is 9.42. The molecule has 0 radical (unpaired) electrons. The molecule has 8 heteroatoms. The zero-order valence-electron chi connectivity index (χ0n) is 20.7. The molecule has 3 rings (SSSR count). The second kappa shape index (κ2) is 12.1. The van der Waals surface area contributed by atoms with Gasteiger partial charge >= 0.3 is 0 Å². The number of hydrogen-bond donors (Lipinski definition) is 2. The average Bonchev–Trinajstić information content (AvgIpc) is 2.79. The highest BCUT2D eigenvalue weighted by Gasteiger charge is 2.42. The van der Waals surface area contributed by atoms with Crippen molar-refractivity contribution in [2.45, 2.75) is 77.9 Å². The van der Waals surface area contributed by atoms with Gasteiger partial charge in [-0.1, -0.05) is 32.4 Å². The Morgan fingerprint density at radius 1 is 1.12 bits per heavy atom. The lowest BCUT2D eigenvalue weighted by molar-refractivity contribution is -0.138. The first-order valence-corrected chi connectivity index (χ1v) is 12.5. The molecule has 2 aliphatic rings. The molecule has 2 heterocycles. The number of carbonyl (C=O) groups excluding carboxylic acids is 2. The smallest absolute Gasteiger partial charge is 0.242 e. The summed E-state index contributed by atoms with van der Waals surface area (Å²) < 4.78 is 33.5. The van der Waals surface area contributed by atoms with Crippen LogP contribution in [0.5, 0.6) is 0 Å². The van der Waals surface area contributed by atoms with E-state index in [1.165, 1.54) is 6.07 Å². The van der Waals surface area contributed by atoms with Crippen LogP contribution < -0.4 is 10.6 Å². The van der Waals surface area contributed by atoms with Crippen LogP contribution in [-0.2, 0) is 20.9 Å². The van der Waals surface area contributed by atoms with Gasteiger partial charge in [-0.15, -0.1) is 0 Å². The van der Waals surface area contributed by atoms with Crippen LogP contribution in [0, 0.1) is 23.0 Å². The molecule has 6 nitrogen and oxygen atoms in total. The maximum atomic E-state index is 14.1. The topological polar surface area (TPSA) is 70.7 Å². The summed E-state index contributed by atoms with van der Waals surface area (Å²) in [6, 6.07) is 3.53. The largest absolute Gasteiger partial charge is 0.379 e. The van der Waals surface area contributed by atoms with Gasteiger partial charge in [0.1, 0.15) is 6.04 Å². The Bertz CT molecular complexity index is 841. The molecule has 0 aromatic heterocycles. The highest BCUT2D eigenvalue weighted by Crippen LogP contribution is 2.38. The third-order valence-corrected chi connectivity index (χ3v) is 7.00. The van der Waals surface area contributed by atoms with Crippen molar-refractivity contribution in [3.8, 4) is 0 Å². The molecule has 1 spiro atoms. The van der Waals surface area contributed by atoms with Gasteiger partial charge in [0.15, 0.2) is 11.6 Å². The van der Waals surface area contributed by atoms with Crippen molar-refractivity contribution in [3.63, 3.8) is 0 Å². The van der Waals surface area contributed by atoms with Crippen LogP contribution >= 0.6 is 0 Å². The number of likely N-dealkylation sites (tertiary alicyclic amines) is 1. The number of nitrogens with one attached hydrogen (secondary N) is 2. The fourth-order valence-electron chi connectivity index (χ4n) is 4.97. The summed E-state index contributed by atoms with van der Waals surface area (Å²) in [7, 11) is 0. The summed E-state index contributed by atoms with van der Waals surface area (Å²) in [5.41, 5.74) is -0.248. The fraction of sp³-hybridized carbons (Fsp3) is 0.692. The van der Waals surface area contributed by atoms with Crippen molar-refractivity contribution < 1.29 is 23.1 Å². The quantitative estimate of drug-likeness (QED) is 0.690. The number of hydrogen-bond acceptors (Lipinski definition) is 4. The van der Waals surface area contributed by atoms with E-state index in [0.29, 0.717) is 57.7 Å². The molecule has 2 fully saturated rings. The van der Waals surface area contributed by atoms with Crippen molar-refractivity contribution in [1.29, 1.82) is 0 Å². The number of piperidine rings is 1. The van der Waals surface area contributed by atoms with E-state index >= 15 is 0 Å². The van der Waals surface area contributed by atoms with Crippen LogP contribution in [0.2, 0.25) is 0 Å². The number of nitrogens with zero attached hydrogens (tertiary/aromatic N) is 1. The highest BCUT2D eigenvalue weighted by atomic mass is 19.2. The summed E-state index contributed by atoms with van der Waals surface area (Å²) in [4.78, 5) is 28.6. The van der Waals surface area contributed by atoms with E-state index in [-0.39, 0.29) is 23.8 Å². The maximum Gasteiger partial charge on any atom is 0.242 e. The number of halogens is 2. The maximum absolute atomic E-state index is 14.1. The molecule has 0 unspecified atom stereocenters. The van der Waals surface area contributed by atoms with E-state index in [1.54, 1.807) is 6.07 Å². The van der Waals surface area contributed by atoms with Crippen LogP contribution in [-0.4, -0.2) is 55.1 Å². The van der Waals surface area contributed by atoms with Crippen molar-refractivity contribution in [1.82, 2.24) is 15.5 Å². The molecule has 2 atom stereocenters. The molecular weight excluding hydrogens is 440 g/mol. The Balaban J connectivity index is 1.73. The molecule has 1 aromatic carbocycles. The van der Waals surface area contributed by atoms with E-state index in [1.807, 2.05) is 20.8 Å². The Hall–Kier alpha value is -2.06. The van der Waals surface area contributed by atoms with Gasteiger partial charge in [0, 0.05) is 24.8 Å². The van der Waals surface area contributed by atoms with Crippen LogP contribution in [0.4, 0.5) is 8.78 Å². The zero-order valence-corrected chi connectivity index (χ0v) is 20.7. The normalized spacial score (nSPS) is 25.2. The summed E-state index contributed by atoms with van der Waals surface area (Å²) in [6.07, 6.45) is 4.22. The Labute approximate surface area is 201 Å². The van der Waals surface area contributed by atoms with Gasteiger partial charge in [-0.2, -0.15) is 0 Å². The molecule has 2 N–H and O–H groups in total. The van der Waals surface area contributed by atoms with Crippen LogP contribution in [0.25, 0.3) is 0 Å². The first kappa shape index (κ1) is 26.5. The van der Waals surface area contributed by atoms with E-state index in [9.17, 15) is 18.4 Å². The van der Waals surface area contributed by atoms with Gasteiger partial charge in [-0.05, 0) is 64.1 Å². The minimum absolute atomic E-state index is 0.0716. The first-order valence-electron chi connectivity index (χ1n) is 12.5. The summed E-state index contributed by atoms with van der Waals surface area (Å²) in [5, 5.41) is 6.06. The van der Waals surface area contributed by atoms with Crippen molar-refractivity contribution in [3.05, 3.63) is 35.4 Å². The molecule has 2 amide bonds. The second-order valence-electron chi connectivity index (χ2n) is 10.4. The summed E-state index contributed by atoms with van der Waals surface area (Å²) in [6.45, 7) is 8.55. The van der Waals surface area contributed by atoms with Crippen molar-refractivity contribution >= 4 is 11.8 Å². The molecule has 2 saturated heterocycles. The molecule has 0 saturated carbocycles. The van der Waals surface area contributed by atoms with E-state index in [4.69, 9.17) is 4.74 Å². The predicted molar refractivity (Wildman–Crippen MR) is 127 cm³/mol.